The highest BCUT2D eigenvalue weighted by Crippen LogP contribution is 2.29. The molecule has 2 rings (SSSR count). The monoisotopic (exact) mass is 601 g/mol. The van der Waals surface area contributed by atoms with Gasteiger partial charge in [-0.2, -0.15) is 0 Å². The number of carbonyl (C=O) groups excluding carboxylic acids is 4. The van der Waals surface area contributed by atoms with Crippen molar-refractivity contribution in [1.82, 2.24) is 16.0 Å². The van der Waals surface area contributed by atoms with Gasteiger partial charge in [-0.15, -0.1) is 0 Å². The number of benzene rings is 1. The molecule has 1 aliphatic heterocycles. The van der Waals surface area contributed by atoms with Crippen LogP contribution in [0.15, 0.2) is 12.1 Å². The second-order valence-electron chi connectivity index (χ2n) is 8.34. The van der Waals surface area contributed by atoms with E-state index >= 15 is 0 Å². The lowest BCUT2D eigenvalue weighted by atomic mass is 10.0. The molecule has 0 radical (unpaired) electrons. The molecule has 35 heavy (non-hydrogen) atoms. The summed E-state index contributed by atoms with van der Waals surface area (Å²) in [5.41, 5.74) is 0.111. The molecule has 1 aromatic rings. The van der Waals surface area contributed by atoms with Crippen molar-refractivity contribution < 1.29 is 38.1 Å². The zero-order valence-electron chi connectivity index (χ0n) is 20.1. The molecular formula is C23H28IN3O8. The van der Waals surface area contributed by atoms with E-state index in [2.05, 4.69) is 27.8 Å². The van der Waals surface area contributed by atoms with E-state index in [1.807, 2.05) is 22.6 Å². The van der Waals surface area contributed by atoms with Crippen molar-refractivity contribution in [3.05, 3.63) is 26.8 Å². The minimum atomic E-state index is -1.16. The van der Waals surface area contributed by atoms with Gasteiger partial charge in [0.25, 0.3) is 0 Å². The quantitative estimate of drug-likeness (QED) is 0.265. The molecular weight excluding hydrogens is 573 g/mol. The Hall–Kier alpha value is -3.05. The molecule has 0 aromatic heterocycles. The molecule has 3 N–H and O–H groups in total. The van der Waals surface area contributed by atoms with Crippen LogP contribution in [0, 0.1) is 15.4 Å². The standard InChI is InChI=1S/C23H28IN3O8/c1-23(2,3)35-22(31)26-16-12-34-8-6-7-13-9-14(10-15(24)19(13)32-4)18(21(30)33-5)27-17(28)11-25-20(16)29/h9-10,16,18H,8,11-12H2,1-5H3,(H,25,29)(H,26,31)(H,27,28)/t16-,18-/m0/s1. The fraction of sp³-hybridized carbons (Fsp3) is 0.478. The number of carbonyl (C=O) groups is 4. The van der Waals surface area contributed by atoms with Crippen LogP contribution in [0.2, 0.25) is 0 Å². The lowest BCUT2D eigenvalue weighted by Crippen LogP contribution is -2.52. The highest BCUT2D eigenvalue weighted by Gasteiger charge is 2.28. The summed E-state index contributed by atoms with van der Waals surface area (Å²) < 4.78 is 21.6. The predicted molar refractivity (Wildman–Crippen MR) is 132 cm³/mol. The van der Waals surface area contributed by atoms with Crippen LogP contribution in [0.5, 0.6) is 5.75 Å². The van der Waals surface area contributed by atoms with Crippen LogP contribution >= 0.6 is 22.6 Å². The van der Waals surface area contributed by atoms with Crippen molar-refractivity contribution in [3.8, 4) is 17.6 Å². The number of amides is 3. The summed E-state index contributed by atoms with van der Waals surface area (Å²) in [6, 6.07) is 0.973. The summed E-state index contributed by atoms with van der Waals surface area (Å²) in [7, 11) is 2.69. The average molecular weight is 601 g/mol. The van der Waals surface area contributed by atoms with Crippen LogP contribution in [0.3, 0.4) is 0 Å². The summed E-state index contributed by atoms with van der Waals surface area (Å²) >= 11 is 2.04. The van der Waals surface area contributed by atoms with Crippen molar-refractivity contribution in [2.24, 2.45) is 0 Å². The molecule has 3 amide bonds. The number of alkyl carbamates (subject to hydrolysis) is 1. The van der Waals surface area contributed by atoms with Gasteiger partial charge in [-0.25, -0.2) is 9.59 Å². The fourth-order valence-electron chi connectivity index (χ4n) is 2.97. The maximum Gasteiger partial charge on any atom is 0.408 e. The molecule has 1 aliphatic rings. The number of esters is 1. The molecule has 2 atom stereocenters. The van der Waals surface area contributed by atoms with Gasteiger partial charge in [-0.3, -0.25) is 9.59 Å². The second kappa shape index (κ2) is 12.6. The Balaban J connectivity index is 2.38. The number of rotatable bonds is 3. The second-order valence-corrected chi connectivity index (χ2v) is 9.50. The largest absolute Gasteiger partial charge is 0.494 e. The molecule has 0 saturated heterocycles. The maximum atomic E-state index is 12.7. The van der Waals surface area contributed by atoms with Crippen molar-refractivity contribution in [2.75, 3.05) is 34.0 Å². The third kappa shape index (κ3) is 8.59. The van der Waals surface area contributed by atoms with E-state index in [1.54, 1.807) is 32.9 Å². The highest BCUT2D eigenvalue weighted by molar-refractivity contribution is 14.1. The number of halogens is 1. The minimum absolute atomic E-state index is 0.0681. The van der Waals surface area contributed by atoms with E-state index in [9.17, 15) is 19.2 Å². The Kier molecular flexibility index (Phi) is 10.1. The molecule has 12 heteroatoms. The summed E-state index contributed by atoms with van der Waals surface area (Å²) in [4.78, 5) is 49.9. The molecule has 2 bridgehead atoms. The molecule has 0 saturated carbocycles. The van der Waals surface area contributed by atoms with Gasteiger partial charge in [-0.05, 0) is 61.1 Å². The average Bonchev–Trinajstić information content (AvgIpc) is 2.77. The number of methoxy groups -OCH3 is 2. The summed E-state index contributed by atoms with van der Waals surface area (Å²) in [6.07, 6.45) is -0.823. The number of hydrogen-bond acceptors (Lipinski definition) is 8. The summed E-state index contributed by atoms with van der Waals surface area (Å²) in [6.45, 7) is 4.29. The molecule has 0 spiro atoms. The third-order valence-electron chi connectivity index (χ3n) is 4.46. The molecule has 1 aromatic carbocycles. The Morgan fingerprint density at radius 2 is 1.94 bits per heavy atom. The van der Waals surface area contributed by atoms with Gasteiger partial charge < -0.3 is 34.9 Å². The van der Waals surface area contributed by atoms with Gasteiger partial charge in [0.15, 0.2) is 6.04 Å². The number of hydrogen-bond donors (Lipinski definition) is 3. The van der Waals surface area contributed by atoms with Gasteiger partial charge in [0.05, 0.1) is 36.5 Å². The Morgan fingerprint density at radius 3 is 2.57 bits per heavy atom. The smallest absolute Gasteiger partial charge is 0.408 e. The normalized spacial score (nSPS) is 18.9. The van der Waals surface area contributed by atoms with Crippen LogP contribution in [0.4, 0.5) is 4.79 Å². The van der Waals surface area contributed by atoms with Gasteiger partial charge >= 0.3 is 12.1 Å². The molecule has 0 unspecified atom stereocenters. The molecule has 1 heterocycles. The van der Waals surface area contributed by atoms with Crippen LogP contribution in [-0.4, -0.2) is 69.5 Å². The molecule has 0 fully saturated rings. The van der Waals surface area contributed by atoms with Gasteiger partial charge in [0.2, 0.25) is 11.8 Å². The molecule has 0 aliphatic carbocycles. The first-order valence-corrected chi connectivity index (χ1v) is 11.6. The zero-order valence-corrected chi connectivity index (χ0v) is 22.2. The Morgan fingerprint density at radius 1 is 1.23 bits per heavy atom. The number of nitrogens with one attached hydrogen (secondary N) is 3. The molecule has 190 valence electrons. The van der Waals surface area contributed by atoms with Crippen LogP contribution < -0.4 is 20.7 Å². The van der Waals surface area contributed by atoms with Crippen LogP contribution in [0.25, 0.3) is 0 Å². The van der Waals surface area contributed by atoms with Gasteiger partial charge in [-0.1, -0.05) is 11.8 Å². The lowest BCUT2D eigenvalue weighted by molar-refractivity contribution is -0.145. The van der Waals surface area contributed by atoms with Crippen molar-refractivity contribution in [3.63, 3.8) is 0 Å². The first kappa shape index (κ1) is 28.2. The first-order valence-electron chi connectivity index (χ1n) is 10.5. The topological polar surface area (TPSA) is 141 Å². The minimum Gasteiger partial charge on any atom is -0.494 e. The van der Waals surface area contributed by atoms with E-state index in [1.165, 1.54) is 14.2 Å². The predicted octanol–water partition coefficient (Wildman–Crippen LogP) is 1.02. The van der Waals surface area contributed by atoms with Crippen LogP contribution in [0.1, 0.15) is 37.9 Å². The lowest BCUT2D eigenvalue weighted by Gasteiger charge is -2.23. The first-order chi connectivity index (χ1) is 16.4. The fourth-order valence-corrected chi connectivity index (χ4v) is 3.84. The summed E-state index contributed by atoms with van der Waals surface area (Å²) in [5, 5.41) is 7.40. The van der Waals surface area contributed by atoms with Crippen LogP contribution in [-0.2, 0) is 28.6 Å². The van der Waals surface area contributed by atoms with E-state index in [0.717, 1.165) is 0 Å². The Bertz CT molecular complexity index is 1040. The zero-order chi connectivity index (χ0) is 26.2. The molecule has 11 nitrogen and oxygen atoms in total. The van der Waals surface area contributed by atoms with E-state index in [0.29, 0.717) is 20.4 Å². The van der Waals surface area contributed by atoms with Gasteiger partial charge in [0, 0.05) is 0 Å². The van der Waals surface area contributed by atoms with E-state index in [-0.39, 0.29) is 13.2 Å². The van der Waals surface area contributed by atoms with Crippen molar-refractivity contribution >= 4 is 46.5 Å². The third-order valence-corrected chi connectivity index (χ3v) is 5.26. The number of fused-ring (bicyclic) bond motifs is 2. The summed E-state index contributed by atoms with van der Waals surface area (Å²) in [5.74, 6) is 4.19. The SMILES string of the molecule is COC(=O)[C@H]1NC(=O)CNC(=O)[C@@H](NC(=O)OC(C)(C)C)COCC#Cc2cc1cc(I)c2OC. The highest BCUT2D eigenvalue weighted by atomic mass is 127. The maximum absolute atomic E-state index is 12.7. The van der Waals surface area contributed by atoms with E-state index in [4.69, 9.17) is 18.9 Å². The number of ether oxygens (including phenoxy) is 4. The van der Waals surface area contributed by atoms with Gasteiger partial charge in [0.1, 0.15) is 24.0 Å². The van der Waals surface area contributed by atoms with E-state index < -0.39 is 48.1 Å². The van der Waals surface area contributed by atoms with Crippen molar-refractivity contribution in [2.45, 2.75) is 38.5 Å². The Labute approximate surface area is 217 Å². The van der Waals surface area contributed by atoms with Crippen molar-refractivity contribution in [1.29, 1.82) is 0 Å².